The van der Waals surface area contributed by atoms with Crippen LogP contribution in [-0.4, -0.2) is 10.8 Å². The summed E-state index contributed by atoms with van der Waals surface area (Å²) in [6, 6.07) is 0. The van der Waals surface area contributed by atoms with Crippen molar-refractivity contribution in [2.24, 2.45) is 39.4 Å². The summed E-state index contributed by atoms with van der Waals surface area (Å²) in [5.74, 6) is 2.63. The van der Waals surface area contributed by atoms with Crippen LogP contribution in [0.15, 0.2) is 16.8 Å². The van der Waals surface area contributed by atoms with Gasteiger partial charge in [0.1, 0.15) is 0 Å². The number of nitrogens with zero attached hydrogens (tertiary/aromatic N) is 1. The fraction of sp³-hybridized carbons (Fsp3) is 0.833. The standard InChI is InChI=1S/C24H43N3S/c1-17(9-7-10-19(3)26-27-22(25)28)11-13-20-18(2)12-14-21-23(4,5)15-8-16-24(20,21)6/h9,18,20-21H,7-8,10-16H2,1-6H3,(H3,25,27,28)/b17-9-,26-19+. The van der Waals surface area contributed by atoms with Crippen molar-refractivity contribution in [2.75, 3.05) is 0 Å². The zero-order chi connectivity index (χ0) is 20.9. The topological polar surface area (TPSA) is 50.4 Å². The van der Waals surface area contributed by atoms with Crippen molar-refractivity contribution in [1.29, 1.82) is 0 Å². The monoisotopic (exact) mass is 405 g/mol. The van der Waals surface area contributed by atoms with Gasteiger partial charge in [-0.25, -0.2) is 0 Å². The molecule has 2 aliphatic rings. The second-order valence-corrected chi connectivity index (χ2v) is 11.0. The Morgan fingerprint density at radius 2 is 1.89 bits per heavy atom. The van der Waals surface area contributed by atoms with E-state index in [-0.39, 0.29) is 5.11 Å². The van der Waals surface area contributed by atoms with Crippen molar-refractivity contribution < 1.29 is 0 Å². The van der Waals surface area contributed by atoms with Gasteiger partial charge in [0.25, 0.3) is 0 Å². The molecule has 4 heteroatoms. The number of hydrazone groups is 1. The number of rotatable bonds is 7. The Bertz CT molecular complexity index is 607. The summed E-state index contributed by atoms with van der Waals surface area (Å²) in [6.07, 6.45) is 14.1. The van der Waals surface area contributed by atoms with Crippen LogP contribution in [0.3, 0.4) is 0 Å². The van der Waals surface area contributed by atoms with Crippen LogP contribution in [0.5, 0.6) is 0 Å². The van der Waals surface area contributed by atoms with Gasteiger partial charge in [0, 0.05) is 5.71 Å². The van der Waals surface area contributed by atoms with Gasteiger partial charge in [-0.3, -0.25) is 5.43 Å². The highest BCUT2D eigenvalue weighted by molar-refractivity contribution is 7.80. The zero-order valence-corrected chi connectivity index (χ0v) is 19.9. The molecule has 0 bridgehead atoms. The van der Waals surface area contributed by atoms with Crippen LogP contribution in [0, 0.1) is 28.6 Å². The highest BCUT2D eigenvalue weighted by Crippen LogP contribution is 2.62. The molecule has 0 spiro atoms. The Labute approximate surface area is 179 Å². The van der Waals surface area contributed by atoms with Crippen molar-refractivity contribution in [3.05, 3.63) is 11.6 Å². The van der Waals surface area contributed by atoms with Gasteiger partial charge in [-0.05, 0) is 99.6 Å². The molecule has 2 aliphatic carbocycles. The number of fused-ring (bicyclic) bond motifs is 1. The molecule has 2 rings (SSSR count). The van der Waals surface area contributed by atoms with Crippen LogP contribution in [0.4, 0.5) is 0 Å². The Balaban J connectivity index is 1.92. The molecule has 28 heavy (non-hydrogen) atoms. The maximum Gasteiger partial charge on any atom is 0.184 e. The summed E-state index contributed by atoms with van der Waals surface area (Å²) in [4.78, 5) is 0. The molecule has 0 saturated heterocycles. The van der Waals surface area contributed by atoms with Crippen molar-refractivity contribution in [2.45, 2.75) is 99.3 Å². The van der Waals surface area contributed by atoms with E-state index in [2.05, 4.69) is 51.2 Å². The van der Waals surface area contributed by atoms with Crippen LogP contribution in [0.2, 0.25) is 0 Å². The first-order chi connectivity index (χ1) is 13.1. The second-order valence-electron chi connectivity index (χ2n) is 10.5. The van der Waals surface area contributed by atoms with E-state index in [9.17, 15) is 0 Å². The lowest BCUT2D eigenvalue weighted by Gasteiger charge is -2.59. The molecule has 0 radical (unpaired) electrons. The van der Waals surface area contributed by atoms with E-state index in [4.69, 9.17) is 18.0 Å². The number of thiocarbonyl (C=S) groups is 1. The maximum absolute atomic E-state index is 5.41. The quantitative estimate of drug-likeness (QED) is 0.218. The fourth-order valence-corrected chi connectivity index (χ4v) is 6.49. The predicted octanol–water partition coefficient (Wildman–Crippen LogP) is 6.58. The van der Waals surface area contributed by atoms with Crippen LogP contribution in [-0.2, 0) is 0 Å². The Morgan fingerprint density at radius 1 is 1.18 bits per heavy atom. The molecule has 160 valence electrons. The summed E-state index contributed by atoms with van der Waals surface area (Å²) in [5, 5.41) is 4.42. The maximum atomic E-state index is 5.41. The summed E-state index contributed by atoms with van der Waals surface area (Å²) < 4.78 is 0. The van der Waals surface area contributed by atoms with Crippen molar-refractivity contribution in [1.82, 2.24) is 5.43 Å². The summed E-state index contributed by atoms with van der Waals surface area (Å²) in [6.45, 7) is 14.5. The molecule has 3 N–H and O–H groups in total. The van der Waals surface area contributed by atoms with Gasteiger partial charge in [0.15, 0.2) is 5.11 Å². The van der Waals surface area contributed by atoms with Crippen molar-refractivity contribution in [3.8, 4) is 0 Å². The normalized spacial score (nSPS) is 33.3. The molecule has 0 heterocycles. The fourth-order valence-electron chi connectivity index (χ4n) is 6.44. The largest absolute Gasteiger partial charge is 0.375 e. The summed E-state index contributed by atoms with van der Waals surface area (Å²) in [7, 11) is 0. The number of hydrogen-bond donors (Lipinski definition) is 2. The molecule has 4 unspecified atom stereocenters. The van der Waals surface area contributed by atoms with E-state index in [1.54, 1.807) is 0 Å². The molecule has 2 fully saturated rings. The van der Waals surface area contributed by atoms with Crippen molar-refractivity contribution >= 4 is 23.0 Å². The number of allylic oxidation sites excluding steroid dienone is 2. The third-order valence-electron chi connectivity index (χ3n) is 7.93. The van der Waals surface area contributed by atoms with Gasteiger partial charge >= 0.3 is 0 Å². The van der Waals surface area contributed by atoms with Gasteiger partial charge < -0.3 is 5.73 Å². The third-order valence-corrected chi connectivity index (χ3v) is 8.02. The first-order valence-corrected chi connectivity index (χ1v) is 11.7. The number of nitrogens with two attached hydrogens (primary N) is 1. The number of hydrogen-bond acceptors (Lipinski definition) is 2. The lowest BCUT2D eigenvalue weighted by atomic mass is 9.46. The van der Waals surface area contributed by atoms with E-state index >= 15 is 0 Å². The van der Waals surface area contributed by atoms with Gasteiger partial charge in [0.2, 0.25) is 0 Å². The van der Waals surface area contributed by atoms with E-state index < -0.39 is 0 Å². The van der Waals surface area contributed by atoms with E-state index in [0.717, 1.165) is 36.3 Å². The Kier molecular flexibility index (Phi) is 8.13. The molecular formula is C24H43N3S. The lowest BCUT2D eigenvalue weighted by molar-refractivity contribution is -0.0957. The van der Waals surface area contributed by atoms with E-state index in [1.165, 1.54) is 50.5 Å². The second kappa shape index (κ2) is 9.73. The molecule has 2 saturated carbocycles. The lowest BCUT2D eigenvalue weighted by Crippen LogP contribution is -2.51. The van der Waals surface area contributed by atoms with Gasteiger partial charge in [0.05, 0.1) is 0 Å². The smallest absolute Gasteiger partial charge is 0.184 e. The van der Waals surface area contributed by atoms with Gasteiger partial charge in [-0.2, -0.15) is 5.10 Å². The zero-order valence-electron chi connectivity index (χ0n) is 19.1. The molecule has 3 nitrogen and oxygen atoms in total. The molecule has 0 amide bonds. The Hall–Kier alpha value is -0.900. The van der Waals surface area contributed by atoms with Crippen LogP contribution >= 0.6 is 12.2 Å². The summed E-state index contributed by atoms with van der Waals surface area (Å²) >= 11 is 4.79. The predicted molar refractivity (Wildman–Crippen MR) is 126 cm³/mol. The molecule has 4 atom stereocenters. The minimum absolute atomic E-state index is 0.227. The van der Waals surface area contributed by atoms with Gasteiger partial charge in [-0.15, -0.1) is 0 Å². The molecule has 0 aromatic carbocycles. The molecule has 0 aromatic heterocycles. The average Bonchev–Trinajstić information content (AvgIpc) is 2.58. The van der Waals surface area contributed by atoms with Crippen LogP contribution in [0.25, 0.3) is 0 Å². The molecular weight excluding hydrogens is 362 g/mol. The number of nitrogens with one attached hydrogen (secondary N) is 1. The van der Waals surface area contributed by atoms with Crippen LogP contribution < -0.4 is 11.2 Å². The third kappa shape index (κ3) is 5.81. The van der Waals surface area contributed by atoms with E-state index in [1.807, 2.05) is 6.92 Å². The van der Waals surface area contributed by atoms with E-state index in [0.29, 0.717) is 10.8 Å². The summed E-state index contributed by atoms with van der Waals surface area (Å²) in [5.41, 5.74) is 11.7. The highest BCUT2D eigenvalue weighted by atomic mass is 32.1. The molecule has 0 aromatic rings. The first kappa shape index (κ1) is 23.4. The Morgan fingerprint density at radius 3 is 2.57 bits per heavy atom. The SMILES string of the molecule is C/C(=C/CC/C(C)=N/NC(N)=S)CCC1C(C)CCC2C(C)(C)CCCC12C. The average molecular weight is 406 g/mol. The first-order valence-electron chi connectivity index (χ1n) is 11.3. The minimum Gasteiger partial charge on any atom is -0.375 e. The van der Waals surface area contributed by atoms with Crippen molar-refractivity contribution in [3.63, 3.8) is 0 Å². The molecule has 0 aliphatic heterocycles. The highest BCUT2D eigenvalue weighted by Gasteiger charge is 2.53. The van der Waals surface area contributed by atoms with Gasteiger partial charge in [-0.1, -0.05) is 52.2 Å². The minimum atomic E-state index is 0.227. The van der Waals surface area contributed by atoms with Crippen LogP contribution in [0.1, 0.15) is 99.3 Å².